The summed E-state index contributed by atoms with van der Waals surface area (Å²) in [5.41, 5.74) is 1.24. The second kappa shape index (κ2) is 7.22. The fourth-order valence-corrected chi connectivity index (χ4v) is 2.31. The molecule has 2 aromatic rings. The maximum atomic E-state index is 13.1. The van der Waals surface area contributed by atoms with Gasteiger partial charge in [-0.2, -0.15) is 0 Å². The zero-order valence-corrected chi connectivity index (χ0v) is 12.8. The molecule has 20 heavy (non-hydrogen) atoms. The molecule has 0 unspecified atom stereocenters. The molecule has 1 N–H and O–H groups in total. The number of rotatable bonds is 2. The normalized spacial score (nSPS) is 19.4. The first-order chi connectivity index (χ1) is 8.72. The Morgan fingerprint density at radius 1 is 1.45 bits per heavy atom. The summed E-state index contributed by atoms with van der Waals surface area (Å²) in [5.74, 6) is 0.377. The van der Waals surface area contributed by atoms with E-state index in [1.165, 1.54) is 12.1 Å². The first-order valence-electron chi connectivity index (χ1n) is 6.22. The SMILES string of the molecule is C[C@@H]1CNCCN1Cc1nc2cc(F)ccc2o1.Cl.Cl. The first-order valence-corrected chi connectivity index (χ1v) is 6.22. The number of halogens is 3. The molecule has 0 bridgehead atoms. The van der Waals surface area contributed by atoms with Crippen LogP contribution in [0.15, 0.2) is 22.6 Å². The maximum absolute atomic E-state index is 13.1. The fraction of sp³-hybridized carbons (Fsp3) is 0.462. The van der Waals surface area contributed by atoms with Crippen LogP contribution >= 0.6 is 24.8 Å². The Hall–Kier alpha value is -0.880. The lowest BCUT2D eigenvalue weighted by molar-refractivity contribution is 0.152. The van der Waals surface area contributed by atoms with Gasteiger partial charge in [-0.05, 0) is 19.1 Å². The summed E-state index contributed by atoms with van der Waals surface area (Å²) in [7, 11) is 0. The number of piperazine rings is 1. The van der Waals surface area contributed by atoms with Crippen LogP contribution in [-0.4, -0.2) is 35.6 Å². The Labute approximate surface area is 129 Å². The zero-order chi connectivity index (χ0) is 12.5. The van der Waals surface area contributed by atoms with E-state index < -0.39 is 0 Å². The number of fused-ring (bicyclic) bond motifs is 1. The second-order valence-electron chi connectivity index (χ2n) is 4.74. The molecular weight excluding hydrogens is 304 g/mol. The van der Waals surface area contributed by atoms with E-state index in [0.29, 0.717) is 29.6 Å². The number of nitrogens with one attached hydrogen (secondary N) is 1. The number of benzene rings is 1. The van der Waals surface area contributed by atoms with Crippen molar-refractivity contribution in [2.75, 3.05) is 19.6 Å². The van der Waals surface area contributed by atoms with E-state index in [2.05, 4.69) is 22.1 Å². The second-order valence-corrected chi connectivity index (χ2v) is 4.74. The van der Waals surface area contributed by atoms with Crippen LogP contribution < -0.4 is 5.32 Å². The Morgan fingerprint density at radius 2 is 2.25 bits per heavy atom. The lowest BCUT2D eigenvalue weighted by Crippen LogP contribution is -2.49. The summed E-state index contributed by atoms with van der Waals surface area (Å²) in [6, 6.07) is 4.89. The number of nitrogens with zero attached hydrogens (tertiary/aromatic N) is 2. The average molecular weight is 322 g/mol. The van der Waals surface area contributed by atoms with Gasteiger partial charge in [0, 0.05) is 31.7 Å². The molecule has 1 aromatic heterocycles. The van der Waals surface area contributed by atoms with Crippen LogP contribution in [-0.2, 0) is 6.54 Å². The Kier molecular flexibility index (Phi) is 6.20. The van der Waals surface area contributed by atoms with Gasteiger partial charge in [-0.15, -0.1) is 24.8 Å². The van der Waals surface area contributed by atoms with Crippen LogP contribution in [0.2, 0.25) is 0 Å². The predicted octanol–water partition coefficient (Wildman–Crippen LogP) is 2.60. The molecule has 0 amide bonds. The van der Waals surface area contributed by atoms with Crippen LogP contribution in [0.3, 0.4) is 0 Å². The predicted molar refractivity (Wildman–Crippen MR) is 81.2 cm³/mol. The summed E-state index contributed by atoms with van der Waals surface area (Å²) in [6.07, 6.45) is 0. The van der Waals surface area contributed by atoms with E-state index in [-0.39, 0.29) is 30.6 Å². The average Bonchev–Trinajstić information content (AvgIpc) is 2.73. The topological polar surface area (TPSA) is 41.3 Å². The molecule has 0 radical (unpaired) electrons. The van der Waals surface area contributed by atoms with Crippen LogP contribution in [0.4, 0.5) is 4.39 Å². The Morgan fingerprint density at radius 3 is 3.00 bits per heavy atom. The quantitative estimate of drug-likeness (QED) is 0.923. The summed E-state index contributed by atoms with van der Waals surface area (Å²) in [4.78, 5) is 6.65. The minimum atomic E-state index is -0.280. The van der Waals surface area contributed by atoms with Crippen LogP contribution in [0.1, 0.15) is 12.8 Å². The Balaban J connectivity index is 0.000001000. The van der Waals surface area contributed by atoms with Crippen molar-refractivity contribution in [1.82, 2.24) is 15.2 Å². The molecule has 1 aliphatic heterocycles. The fourth-order valence-electron chi connectivity index (χ4n) is 2.31. The standard InChI is InChI=1S/C13H16FN3O.2ClH/c1-9-7-15-4-5-17(9)8-13-16-11-6-10(14)2-3-12(11)18-13;;/h2-3,6,9,15H,4-5,7-8H2,1H3;2*1H/t9-;;/m1../s1. The van der Waals surface area contributed by atoms with Gasteiger partial charge in [-0.25, -0.2) is 9.37 Å². The maximum Gasteiger partial charge on any atom is 0.209 e. The van der Waals surface area contributed by atoms with Gasteiger partial charge >= 0.3 is 0 Å². The van der Waals surface area contributed by atoms with Gasteiger partial charge in [-0.3, -0.25) is 4.90 Å². The molecule has 3 rings (SSSR count). The van der Waals surface area contributed by atoms with Crippen molar-refractivity contribution < 1.29 is 8.81 Å². The molecule has 1 aliphatic rings. The van der Waals surface area contributed by atoms with Gasteiger partial charge in [0.1, 0.15) is 11.3 Å². The highest BCUT2D eigenvalue weighted by Gasteiger charge is 2.20. The van der Waals surface area contributed by atoms with Gasteiger partial charge in [0.15, 0.2) is 5.58 Å². The van der Waals surface area contributed by atoms with Crippen molar-refractivity contribution in [2.45, 2.75) is 19.5 Å². The number of aromatic nitrogens is 1. The van der Waals surface area contributed by atoms with Gasteiger partial charge in [-0.1, -0.05) is 0 Å². The largest absolute Gasteiger partial charge is 0.439 e. The molecule has 0 aliphatic carbocycles. The smallest absolute Gasteiger partial charge is 0.209 e. The van der Waals surface area contributed by atoms with Gasteiger partial charge in [0.25, 0.3) is 0 Å². The van der Waals surface area contributed by atoms with Crippen molar-refractivity contribution >= 4 is 35.9 Å². The minimum absolute atomic E-state index is 0. The van der Waals surface area contributed by atoms with Crippen LogP contribution in [0.5, 0.6) is 0 Å². The number of hydrogen-bond acceptors (Lipinski definition) is 4. The summed E-state index contributed by atoms with van der Waals surface area (Å²) >= 11 is 0. The van der Waals surface area contributed by atoms with Crippen molar-refractivity contribution in [3.05, 3.63) is 29.9 Å². The van der Waals surface area contributed by atoms with Crippen molar-refractivity contribution in [3.8, 4) is 0 Å². The molecule has 4 nitrogen and oxygen atoms in total. The molecule has 1 saturated heterocycles. The number of oxazole rings is 1. The minimum Gasteiger partial charge on any atom is -0.439 e. The van der Waals surface area contributed by atoms with E-state index in [9.17, 15) is 4.39 Å². The molecule has 1 aromatic carbocycles. The van der Waals surface area contributed by atoms with E-state index in [0.717, 1.165) is 19.6 Å². The zero-order valence-electron chi connectivity index (χ0n) is 11.1. The molecule has 0 spiro atoms. The van der Waals surface area contributed by atoms with Crippen LogP contribution in [0, 0.1) is 5.82 Å². The summed E-state index contributed by atoms with van der Waals surface area (Å²) < 4.78 is 18.7. The summed E-state index contributed by atoms with van der Waals surface area (Å²) in [5, 5.41) is 3.34. The van der Waals surface area contributed by atoms with Gasteiger partial charge in [0.2, 0.25) is 5.89 Å². The van der Waals surface area contributed by atoms with Crippen molar-refractivity contribution in [1.29, 1.82) is 0 Å². The lowest BCUT2D eigenvalue weighted by Gasteiger charge is -2.32. The third-order valence-corrected chi connectivity index (χ3v) is 3.37. The van der Waals surface area contributed by atoms with Gasteiger partial charge in [0.05, 0.1) is 6.54 Å². The molecular formula is C13H18Cl2FN3O. The van der Waals surface area contributed by atoms with E-state index in [1.54, 1.807) is 6.07 Å². The Bertz CT molecular complexity index is 564. The molecule has 7 heteroatoms. The highest BCUT2D eigenvalue weighted by molar-refractivity contribution is 5.85. The highest BCUT2D eigenvalue weighted by Crippen LogP contribution is 2.18. The van der Waals surface area contributed by atoms with E-state index >= 15 is 0 Å². The molecule has 2 heterocycles. The molecule has 1 fully saturated rings. The van der Waals surface area contributed by atoms with E-state index in [1.807, 2.05) is 0 Å². The third kappa shape index (κ3) is 3.61. The van der Waals surface area contributed by atoms with Crippen LogP contribution in [0.25, 0.3) is 11.1 Å². The lowest BCUT2D eigenvalue weighted by atomic mass is 10.2. The van der Waals surface area contributed by atoms with E-state index in [4.69, 9.17) is 4.42 Å². The first kappa shape index (κ1) is 17.2. The molecule has 1 atom stereocenters. The summed E-state index contributed by atoms with van der Waals surface area (Å²) in [6.45, 7) is 5.80. The van der Waals surface area contributed by atoms with Crippen molar-refractivity contribution in [2.24, 2.45) is 0 Å². The molecule has 0 saturated carbocycles. The van der Waals surface area contributed by atoms with Crippen molar-refractivity contribution in [3.63, 3.8) is 0 Å². The monoisotopic (exact) mass is 321 g/mol. The highest BCUT2D eigenvalue weighted by atomic mass is 35.5. The third-order valence-electron chi connectivity index (χ3n) is 3.37. The number of hydrogen-bond donors (Lipinski definition) is 1. The van der Waals surface area contributed by atoms with Gasteiger partial charge < -0.3 is 9.73 Å². The molecule has 112 valence electrons.